The van der Waals surface area contributed by atoms with Crippen LogP contribution in [0.15, 0.2) is 12.2 Å². The summed E-state index contributed by atoms with van der Waals surface area (Å²) in [6, 6.07) is 0. The molecule has 0 saturated heterocycles. The van der Waals surface area contributed by atoms with E-state index in [0.29, 0.717) is 0 Å². The standard InChI is InChI=1S/C7H8/c1-2-4-6-7-5-3-1/h1-2H,3,5,7H2. The van der Waals surface area contributed by atoms with Gasteiger partial charge in [-0.3, -0.25) is 0 Å². The van der Waals surface area contributed by atoms with Crippen LogP contribution in [0.2, 0.25) is 0 Å². The normalized spacial score (nSPS) is 17.1. The van der Waals surface area contributed by atoms with Gasteiger partial charge in [-0.25, -0.2) is 0 Å². The van der Waals surface area contributed by atoms with Crippen molar-refractivity contribution in [3.63, 3.8) is 0 Å². The molecule has 0 heteroatoms. The minimum atomic E-state index is 1.08. The highest BCUT2D eigenvalue weighted by Crippen LogP contribution is 1.97. The molecule has 0 bridgehead atoms. The van der Waals surface area contributed by atoms with Crippen molar-refractivity contribution < 1.29 is 0 Å². The third-order valence-electron chi connectivity index (χ3n) is 0.976. The molecule has 0 aromatic carbocycles. The molecular formula is C7H8. The fourth-order valence-electron chi connectivity index (χ4n) is 0.582. The summed E-state index contributed by atoms with van der Waals surface area (Å²) in [6.07, 6.45) is 7.57. The first-order valence-electron chi connectivity index (χ1n) is 2.63. The first-order chi connectivity index (χ1) is 3.50. The van der Waals surface area contributed by atoms with E-state index in [4.69, 9.17) is 0 Å². The van der Waals surface area contributed by atoms with Crippen LogP contribution in [-0.4, -0.2) is 0 Å². The highest BCUT2D eigenvalue weighted by molar-refractivity contribution is 5.16. The highest BCUT2D eigenvalue weighted by atomic mass is 13.9. The van der Waals surface area contributed by atoms with Crippen LogP contribution in [-0.2, 0) is 0 Å². The maximum absolute atomic E-state index is 3.01. The van der Waals surface area contributed by atoms with Crippen molar-refractivity contribution in [3.8, 4) is 11.8 Å². The summed E-state index contributed by atoms with van der Waals surface area (Å²) >= 11 is 0. The topological polar surface area (TPSA) is 0 Å². The molecule has 0 N–H and O–H groups in total. The van der Waals surface area contributed by atoms with Crippen LogP contribution in [0, 0.1) is 11.8 Å². The lowest BCUT2D eigenvalue weighted by atomic mass is 10.3. The molecule has 0 fully saturated rings. The SMILES string of the molecule is C1#CCCCC=C1. The number of hydrogen-bond donors (Lipinski definition) is 0. The van der Waals surface area contributed by atoms with Crippen molar-refractivity contribution in [1.82, 2.24) is 0 Å². The fourth-order valence-corrected chi connectivity index (χ4v) is 0.582. The van der Waals surface area contributed by atoms with Gasteiger partial charge in [0, 0.05) is 6.42 Å². The summed E-state index contributed by atoms with van der Waals surface area (Å²) in [4.78, 5) is 0. The third kappa shape index (κ3) is 1.45. The van der Waals surface area contributed by atoms with Gasteiger partial charge < -0.3 is 0 Å². The summed E-state index contributed by atoms with van der Waals surface area (Å²) in [5, 5.41) is 0. The van der Waals surface area contributed by atoms with Gasteiger partial charge >= 0.3 is 0 Å². The second-order valence-corrected chi connectivity index (χ2v) is 1.62. The Hall–Kier alpha value is -0.700. The second-order valence-electron chi connectivity index (χ2n) is 1.62. The van der Waals surface area contributed by atoms with Crippen molar-refractivity contribution in [3.05, 3.63) is 12.2 Å². The smallest absolute Gasteiger partial charge is 0.00951 e. The van der Waals surface area contributed by atoms with Crippen LogP contribution < -0.4 is 0 Å². The third-order valence-corrected chi connectivity index (χ3v) is 0.976. The molecule has 1 aliphatic rings. The molecule has 0 saturated carbocycles. The summed E-state index contributed by atoms with van der Waals surface area (Å²) in [7, 11) is 0. The summed E-state index contributed by atoms with van der Waals surface area (Å²) in [6.45, 7) is 0. The Balaban J connectivity index is 2.49. The van der Waals surface area contributed by atoms with Gasteiger partial charge in [0.15, 0.2) is 0 Å². The lowest BCUT2D eigenvalue weighted by molar-refractivity contribution is 0.890. The average molecular weight is 92.1 g/mol. The molecule has 36 valence electrons. The van der Waals surface area contributed by atoms with E-state index >= 15 is 0 Å². The highest BCUT2D eigenvalue weighted by Gasteiger charge is 1.80. The van der Waals surface area contributed by atoms with Crippen molar-refractivity contribution >= 4 is 0 Å². The lowest BCUT2D eigenvalue weighted by Gasteiger charge is -1.80. The van der Waals surface area contributed by atoms with E-state index in [0.717, 1.165) is 6.42 Å². The molecule has 0 atom stereocenters. The van der Waals surface area contributed by atoms with Crippen LogP contribution in [0.1, 0.15) is 19.3 Å². The summed E-state index contributed by atoms with van der Waals surface area (Å²) in [5.41, 5.74) is 0. The minimum Gasteiger partial charge on any atom is -0.0985 e. The van der Waals surface area contributed by atoms with Crippen LogP contribution in [0.3, 0.4) is 0 Å². The molecule has 0 spiro atoms. The molecule has 0 amide bonds. The first kappa shape index (κ1) is 4.46. The molecule has 0 radical (unpaired) electrons. The summed E-state index contributed by atoms with van der Waals surface area (Å²) in [5.74, 6) is 5.93. The monoisotopic (exact) mass is 92.1 g/mol. The van der Waals surface area contributed by atoms with E-state index in [2.05, 4.69) is 17.9 Å². The Morgan fingerprint density at radius 3 is 3.43 bits per heavy atom. The van der Waals surface area contributed by atoms with Gasteiger partial charge in [-0.05, 0) is 18.9 Å². The van der Waals surface area contributed by atoms with Crippen molar-refractivity contribution in [1.29, 1.82) is 0 Å². The van der Waals surface area contributed by atoms with E-state index in [1.165, 1.54) is 12.8 Å². The van der Waals surface area contributed by atoms with Gasteiger partial charge in [-0.2, -0.15) is 0 Å². The summed E-state index contributed by atoms with van der Waals surface area (Å²) < 4.78 is 0. The minimum absolute atomic E-state index is 1.08. The molecular weight excluding hydrogens is 84.1 g/mol. The fraction of sp³-hybridized carbons (Fsp3) is 0.429. The first-order valence-corrected chi connectivity index (χ1v) is 2.63. The van der Waals surface area contributed by atoms with Gasteiger partial charge in [-0.15, -0.1) is 0 Å². The van der Waals surface area contributed by atoms with E-state index in [9.17, 15) is 0 Å². The van der Waals surface area contributed by atoms with Crippen molar-refractivity contribution in [2.75, 3.05) is 0 Å². The van der Waals surface area contributed by atoms with Crippen LogP contribution >= 0.6 is 0 Å². The van der Waals surface area contributed by atoms with E-state index < -0.39 is 0 Å². The maximum atomic E-state index is 3.01. The van der Waals surface area contributed by atoms with Gasteiger partial charge in [0.05, 0.1) is 0 Å². The van der Waals surface area contributed by atoms with Crippen LogP contribution in [0.5, 0.6) is 0 Å². The van der Waals surface area contributed by atoms with E-state index in [1.807, 2.05) is 6.08 Å². The largest absolute Gasteiger partial charge is 0.0985 e. The molecule has 0 unspecified atom stereocenters. The predicted molar refractivity (Wildman–Crippen MR) is 30.8 cm³/mol. The quantitative estimate of drug-likeness (QED) is 0.399. The Morgan fingerprint density at radius 2 is 2.43 bits per heavy atom. The zero-order valence-corrected chi connectivity index (χ0v) is 4.28. The maximum Gasteiger partial charge on any atom is 0.00951 e. The molecule has 1 rings (SSSR count). The molecule has 1 aliphatic carbocycles. The van der Waals surface area contributed by atoms with Crippen molar-refractivity contribution in [2.45, 2.75) is 19.3 Å². The molecule has 0 aromatic heterocycles. The van der Waals surface area contributed by atoms with Gasteiger partial charge in [0.1, 0.15) is 0 Å². The van der Waals surface area contributed by atoms with Gasteiger partial charge in [0.25, 0.3) is 0 Å². The molecule has 0 nitrogen and oxygen atoms in total. The zero-order chi connectivity index (χ0) is 4.95. The Morgan fingerprint density at radius 1 is 1.43 bits per heavy atom. The van der Waals surface area contributed by atoms with Crippen molar-refractivity contribution in [2.24, 2.45) is 0 Å². The number of hydrogen-bond acceptors (Lipinski definition) is 0. The van der Waals surface area contributed by atoms with Crippen LogP contribution in [0.25, 0.3) is 0 Å². The van der Waals surface area contributed by atoms with Crippen LogP contribution in [0.4, 0.5) is 0 Å². The van der Waals surface area contributed by atoms with Gasteiger partial charge in [-0.1, -0.05) is 17.9 Å². The molecule has 0 aliphatic heterocycles. The Labute approximate surface area is 44.2 Å². The average Bonchev–Trinajstić information content (AvgIpc) is 1.90. The molecule has 0 aromatic rings. The Kier molecular flexibility index (Phi) is 1.57. The lowest BCUT2D eigenvalue weighted by Crippen LogP contribution is -1.63. The Bertz CT molecular complexity index is 121. The number of allylic oxidation sites excluding steroid dienone is 2. The second kappa shape index (κ2) is 2.47. The molecule has 7 heavy (non-hydrogen) atoms. The predicted octanol–water partition coefficient (Wildman–Crippen LogP) is 1.73. The molecule has 0 heterocycles. The number of rotatable bonds is 0. The van der Waals surface area contributed by atoms with E-state index in [-0.39, 0.29) is 0 Å². The van der Waals surface area contributed by atoms with E-state index in [1.54, 1.807) is 0 Å². The van der Waals surface area contributed by atoms with Gasteiger partial charge in [0.2, 0.25) is 0 Å². The zero-order valence-electron chi connectivity index (χ0n) is 4.28.